The molecule has 0 amide bonds. The normalized spacial score (nSPS) is 14.9. The zero-order valence-corrected chi connectivity index (χ0v) is 17.5. The number of benzene rings is 3. The lowest BCUT2D eigenvalue weighted by molar-refractivity contribution is 0.251. The summed E-state index contributed by atoms with van der Waals surface area (Å²) >= 11 is 0. The van der Waals surface area contributed by atoms with Gasteiger partial charge in [-0.1, -0.05) is 42.5 Å². The number of nitrogens with one attached hydrogen (secondary N) is 1. The van der Waals surface area contributed by atoms with Crippen LogP contribution in [0.2, 0.25) is 0 Å². The van der Waals surface area contributed by atoms with Crippen molar-refractivity contribution in [3.63, 3.8) is 0 Å². The van der Waals surface area contributed by atoms with Gasteiger partial charge < -0.3 is 4.42 Å². The van der Waals surface area contributed by atoms with Crippen LogP contribution in [0.4, 0.5) is 0 Å². The maximum absolute atomic E-state index is 12.8. The van der Waals surface area contributed by atoms with Crippen LogP contribution in [0.3, 0.4) is 0 Å². The van der Waals surface area contributed by atoms with Crippen molar-refractivity contribution < 1.29 is 12.8 Å². The minimum Gasteiger partial charge on any atom is -0.456 e. The van der Waals surface area contributed by atoms with Crippen LogP contribution >= 0.6 is 0 Å². The second kappa shape index (κ2) is 7.87. The predicted octanol–water partition coefficient (Wildman–Crippen LogP) is 4.31. The van der Waals surface area contributed by atoms with E-state index in [9.17, 15) is 8.42 Å². The van der Waals surface area contributed by atoms with Crippen molar-refractivity contribution in [1.82, 2.24) is 9.62 Å². The molecule has 0 unspecified atom stereocenters. The van der Waals surface area contributed by atoms with E-state index in [1.54, 1.807) is 18.2 Å². The van der Waals surface area contributed by atoms with Crippen LogP contribution in [-0.4, -0.2) is 33.0 Å². The number of para-hydroxylation sites is 1. The summed E-state index contributed by atoms with van der Waals surface area (Å²) in [6, 6.07) is 21.3. The SMILES string of the molecule is O=S(=O)(NCCCN1CCc2ccccc2C1)c1ccc2oc3ccccc3c2c1. The highest BCUT2D eigenvalue weighted by Gasteiger charge is 2.18. The van der Waals surface area contributed by atoms with Gasteiger partial charge in [0, 0.05) is 30.4 Å². The quantitative estimate of drug-likeness (QED) is 0.472. The third-order valence-corrected chi connectivity index (χ3v) is 7.27. The monoisotopic (exact) mass is 420 g/mol. The molecule has 6 heteroatoms. The number of nitrogens with zero attached hydrogens (tertiary/aromatic N) is 1. The molecule has 154 valence electrons. The number of hydrogen-bond acceptors (Lipinski definition) is 4. The Morgan fingerprint density at radius 3 is 2.57 bits per heavy atom. The molecule has 1 aliphatic heterocycles. The molecule has 0 bridgehead atoms. The van der Waals surface area contributed by atoms with Crippen LogP contribution in [0.15, 0.2) is 76.0 Å². The summed E-state index contributed by atoms with van der Waals surface area (Å²) in [4.78, 5) is 2.66. The first-order valence-corrected chi connectivity index (χ1v) is 11.8. The topological polar surface area (TPSA) is 62.6 Å². The molecule has 4 aromatic rings. The summed E-state index contributed by atoms with van der Waals surface area (Å²) in [6.45, 7) is 3.26. The minimum absolute atomic E-state index is 0.272. The number of hydrogen-bond donors (Lipinski definition) is 1. The fourth-order valence-corrected chi connectivity index (χ4v) is 5.31. The zero-order chi connectivity index (χ0) is 20.6. The smallest absolute Gasteiger partial charge is 0.240 e. The molecular formula is C24H24N2O3S. The summed E-state index contributed by atoms with van der Waals surface area (Å²) < 4.78 is 34.1. The molecule has 1 aromatic heterocycles. The van der Waals surface area contributed by atoms with Crippen molar-refractivity contribution in [1.29, 1.82) is 0 Å². The average Bonchev–Trinajstić information content (AvgIpc) is 3.14. The summed E-state index contributed by atoms with van der Waals surface area (Å²) in [5, 5.41) is 1.75. The second-order valence-corrected chi connectivity index (χ2v) is 9.57. The van der Waals surface area contributed by atoms with Gasteiger partial charge in [0.15, 0.2) is 0 Å². The summed E-state index contributed by atoms with van der Waals surface area (Å²) in [6.07, 6.45) is 1.83. The molecule has 0 radical (unpaired) electrons. The molecule has 1 aliphatic rings. The Bertz CT molecular complexity index is 1310. The third-order valence-electron chi connectivity index (χ3n) is 5.81. The molecule has 0 fully saturated rings. The first-order chi connectivity index (χ1) is 14.6. The Balaban J connectivity index is 1.22. The molecule has 0 saturated heterocycles. The predicted molar refractivity (Wildman–Crippen MR) is 119 cm³/mol. The van der Waals surface area contributed by atoms with Crippen LogP contribution in [0.1, 0.15) is 17.5 Å². The molecule has 30 heavy (non-hydrogen) atoms. The van der Waals surface area contributed by atoms with E-state index in [4.69, 9.17) is 4.42 Å². The lowest BCUT2D eigenvalue weighted by atomic mass is 10.00. The van der Waals surface area contributed by atoms with Crippen molar-refractivity contribution in [3.05, 3.63) is 77.9 Å². The van der Waals surface area contributed by atoms with Crippen LogP contribution in [0.5, 0.6) is 0 Å². The lowest BCUT2D eigenvalue weighted by Gasteiger charge is -2.28. The van der Waals surface area contributed by atoms with Gasteiger partial charge in [-0.2, -0.15) is 0 Å². The molecule has 2 heterocycles. The van der Waals surface area contributed by atoms with Gasteiger partial charge in [-0.15, -0.1) is 0 Å². The van der Waals surface area contributed by atoms with E-state index >= 15 is 0 Å². The Labute approximate surface area is 176 Å². The van der Waals surface area contributed by atoms with Gasteiger partial charge in [0.25, 0.3) is 0 Å². The molecule has 3 aromatic carbocycles. The van der Waals surface area contributed by atoms with Crippen LogP contribution in [0.25, 0.3) is 21.9 Å². The number of sulfonamides is 1. The molecule has 5 nitrogen and oxygen atoms in total. The van der Waals surface area contributed by atoms with E-state index in [1.165, 1.54) is 11.1 Å². The van der Waals surface area contributed by atoms with Gasteiger partial charge in [-0.05, 0) is 54.8 Å². The number of furan rings is 1. The molecule has 1 N–H and O–H groups in total. The van der Waals surface area contributed by atoms with Crippen LogP contribution < -0.4 is 4.72 Å². The van der Waals surface area contributed by atoms with Crippen molar-refractivity contribution in [2.45, 2.75) is 24.3 Å². The van der Waals surface area contributed by atoms with Crippen LogP contribution in [-0.2, 0) is 23.0 Å². The standard InChI is InChI=1S/C24H24N2O3S/c27-30(28,20-10-11-24-22(16-20)21-8-3-4-9-23(21)29-24)25-13-5-14-26-15-12-18-6-1-2-7-19(18)17-26/h1-4,6-11,16,25H,5,12-15,17H2. The fraction of sp³-hybridized carbons (Fsp3) is 0.250. The Morgan fingerprint density at radius 2 is 1.67 bits per heavy atom. The molecule has 0 atom stereocenters. The van der Waals surface area contributed by atoms with Gasteiger partial charge in [-0.3, -0.25) is 4.90 Å². The first kappa shape index (κ1) is 19.3. The highest BCUT2D eigenvalue weighted by molar-refractivity contribution is 7.89. The molecule has 0 aliphatic carbocycles. The molecule has 5 rings (SSSR count). The van der Waals surface area contributed by atoms with Gasteiger partial charge in [0.2, 0.25) is 10.0 Å². The maximum Gasteiger partial charge on any atom is 0.240 e. The average molecular weight is 421 g/mol. The maximum atomic E-state index is 12.8. The lowest BCUT2D eigenvalue weighted by Crippen LogP contribution is -2.33. The summed E-state index contributed by atoms with van der Waals surface area (Å²) in [5.74, 6) is 0. The number of rotatable bonds is 6. The second-order valence-electron chi connectivity index (χ2n) is 7.80. The van der Waals surface area contributed by atoms with E-state index in [1.807, 2.05) is 24.3 Å². The third kappa shape index (κ3) is 3.74. The van der Waals surface area contributed by atoms with E-state index < -0.39 is 10.0 Å². The molecule has 0 saturated carbocycles. The Kier molecular flexibility index (Phi) is 5.06. The fourth-order valence-electron chi connectivity index (χ4n) is 4.21. The van der Waals surface area contributed by atoms with E-state index in [2.05, 4.69) is 33.9 Å². The van der Waals surface area contributed by atoms with Crippen molar-refractivity contribution in [2.75, 3.05) is 19.6 Å². The van der Waals surface area contributed by atoms with Gasteiger partial charge >= 0.3 is 0 Å². The Hall–Kier alpha value is -2.67. The minimum atomic E-state index is -3.56. The van der Waals surface area contributed by atoms with Crippen molar-refractivity contribution >= 4 is 32.0 Å². The van der Waals surface area contributed by atoms with E-state index in [0.717, 1.165) is 48.8 Å². The Morgan fingerprint density at radius 1 is 0.900 bits per heavy atom. The zero-order valence-electron chi connectivity index (χ0n) is 16.7. The summed E-state index contributed by atoms with van der Waals surface area (Å²) in [5.41, 5.74) is 4.26. The van der Waals surface area contributed by atoms with E-state index in [-0.39, 0.29) is 4.90 Å². The summed E-state index contributed by atoms with van der Waals surface area (Å²) in [7, 11) is -3.56. The largest absolute Gasteiger partial charge is 0.456 e. The van der Waals surface area contributed by atoms with Crippen molar-refractivity contribution in [3.8, 4) is 0 Å². The highest BCUT2D eigenvalue weighted by atomic mass is 32.2. The van der Waals surface area contributed by atoms with E-state index in [0.29, 0.717) is 12.1 Å². The molecule has 0 spiro atoms. The first-order valence-electron chi connectivity index (χ1n) is 10.3. The number of fused-ring (bicyclic) bond motifs is 4. The van der Waals surface area contributed by atoms with Gasteiger partial charge in [0.05, 0.1) is 4.90 Å². The van der Waals surface area contributed by atoms with Gasteiger partial charge in [-0.25, -0.2) is 13.1 Å². The van der Waals surface area contributed by atoms with Crippen LogP contribution in [0, 0.1) is 0 Å². The molecular weight excluding hydrogens is 396 g/mol. The van der Waals surface area contributed by atoms with Crippen molar-refractivity contribution in [2.24, 2.45) is 0 Å². The van der Waals surface area contributed by atoms with Gasteiger partial charge in [0.1, 0.15) is 11.2 Å². The highest BCUT2D eigenvalue weighted by Crippen LogP contribution is 2.30.